The van der Waals surface area contributed by atoms with Gasteiger partial charge in [0.15, 0.2) is 0 Å². The molecule has 0 saturated carbocycles. The fourth-order valence-electron chi connectivity index (χ4n) is 2.20. The summed E-state index contributed by atoms with van der Waals surface area (Å²) in [6.07, 6.45) is 0.424. The van der Waals surface area contributed by atoms with Crippen molar-refractivity contribution < 1.29 is 23.9 Å². The van der Waals surface area contributed by atoms with Gasteiger partial charge in [0, 0.05) is 5.33 Å². The van der Waals surface area contributed by atoms with E-state index in [-0.39, 0.29) is 19.1 Å². The first kappa shape index (κ1) is 18.8. The van der Waals surface area contributed by atoms with Crippen LogP contribution in [0.3, 0.4) is 0 Å². The van der Waals surface area contributed by atoms with Gasteiger partial charge < -0.3 is 9.47 Å². The lowest BCUT2D eigenvalue weighted by atomic mass is 10.1. The number of nitrogens with zero attached hydrogens (tertiary/aromatic N) is 1. The first-order valence-electron chi connectivity index (χ1n) is 7.50. The molecule has 1 aromatic rings. The van der Waals surface area contributed by atoms with Crippen LogP contribution < -0.4 is 4.74 Å². The molecule has 1 aliphatic heterocycles. The lowest BCUT2D eigenvalue weighted by molar-refractivity contribution is -0.146. The Morgan fingerprint density at radius 2 is 2.00 bits per heavy atom. The van der Waals surface area contributed by atoms with Crippen LogP contribution in [0.2, 0.25) is 0 Å². The summed E-state index contributed by atoms with van der Waals surface area (Å²) >= 11 is 4.24. The van der Waals surface area contributed by atoms with Crippen molar-refractivity contribution in [3.05, 3.63) is 29.8 Å². The van der Waals surface area contributed by atoms with E-state index in [0.29, 0.717) is 13.0 Å². The summed E-state index contributed by atoms with van der Waals surface area (Å²) in [4.78, 5) is 36.7. The van der Waals surface area contributed by atoms with Crippen LogP contribution in [0.1, 0.15) is 12.5 Å². The molecule has 0 radical (unpaired) electrons. The van der Waals surface area contributed by atoms with Gasteiger partial charge in [-0.3, -0.25) is 19.3 Å². The minimum absolute atomic E-state index is 0.217. The van der Waals surface area contributed by atoms with Crippen molar-refractivity contribution in [2.75, 3.05) is 25.1 Å². The van der Waals surface area contributed by atoms with E-state index >= 15 is 0 Å². The van der Waals surface area contributed by atoms with E-state index in [1.165, 1.54) is 0 Å². The molecule has 2 rings (SSSR count). The van der Waals surface area contributed by atoms with Crippen molar-refractivity contribution in [2.45, 2.75) is 18.6 Å². The van der Waals surface area contributed by atoms with Crippen molar-refractivity contribution in [1.82, 2.24) is 4.90 Å². The molecule has 1 fully saturated rings. The molecule has 130 valence electrons. The zero-order chi connectivity index (χ0) is 17.5. The summed E-state index contributed by atoms with van der Waals surface area (Å²) < 4.78 is 10.3. The number of benzene rings is 1. The average molecular weight is 416 g/mol. The van der Waals surface area contributed by atoms with Crippen LogP contribution in [0.5, 0.6) is 5.75 Å². The number of hydrogen-bond donors (Lipinski definition) is 0. The number of thioether (sulfide) groups is 1. The molecule has 0 spiro atoms. The molecule has 0 aliphatic carbocycles. The van der Waals surface area contributed by atoms with E-state index in [1.807, 2.05) is 24.3 Å². The van der Waals surface area contributed by atoms with Crippen molar-refractivity contribution in [1.29, 1.82) is 0 Å². The van der Waals surface area contributed by atoms with Gasteiger partial charge in [0.05, 0.1) is 18.5 Å². The third-order valence-corrected chi connectivity index (χ3v) is 4.69. The third kappa shape index (κ3) is 4.98. The largest absolute Gasteiger partial charge is 0.493 e. The molecule has 1 heterocycles. The van der Waals surface area contributed by atoms with Gasteiger partial charge in [-0.1, -0.05) is 39.8 Å². The molecular weight excluding hydrogens is 398 g/mol. The van der Waals surface area contributed by atoms with Gasteiger partial charge in [0.2, 0.25) is 5.91 Å². The molecule has 0 N–H and O–H groups in total. The second-order valence-corrected chi connectivity index (χ2v) is 6.93. The Balaban J connectivity index is 1.94. The van der Waals surface area contributed by atoms with Crippen LogP contribution in [-0.2, 0) is 20.7 Å². The average Bonchev–Trinajstić information content (AvgIpc) is 2.82. The monoisotopic (exact) mass is 415 g/mol. The number of alkyl halides is 1. The number of hydrogen-bond acceptors (Lipinski definition) is 6. The fourth-order valence-corrected chi connectivity index (χ4v) is 3.39. The van der Waals surface area contributed by atoms with Crippen molar-refractivity contribution >= 4 is 44.8 Å². The molecular formula is C16H18BrNO5S. The van der Waals surface area contributed by atoms with Crippen LogP contribution >= 0.6 is 27.7 Å². The van der Waals surface area contributed by atoms with Gasteiger partial charge in [-0.05, 0) is 31.0 Å². The van der Waals surface area contributed by atoms with E-state index < -0.39 is 16.5 Å². The molecule has 0 bridgehead atoms. The zero-order valence-corrected chi connectivity index (χ0v) is 15.6. The highest BCUT2D eigenvalue weighted by molar-refractivity contribution is 9.09. The van der Waals surface area contributed by atoms with Crippen LogP contribution in [0.15, 0.2) is 24.3 Å². The molecule has 1 aliphatic rings. The Kier molecular flexibility index (Phi) is 7.11. The van der Waals surface area contributed by atoms with Crippen molar-refractivity contribution in [3.63, 3.8) is 0 Å². The number of amides is 2. The summed E-state index contributed by atoms with van der Waals surface area (Å²) in [7, 11) is 0. The van der Waals surface area contributed by atoms with Crippen LogP contribution in [0, 0.1) is 0 Å². The summed E-state index contributed by atoms with van der Waals surface area (Å²) in [5.41, 5.74) is 0.929. The maximum absolute atomic E-state index is 12.3. The van der Waals surface area contributed by atoms with Gasteiger partial charge in [-0.15, -0.1) is 0 Å². The predicted octanol–water partition coefficient (Wildman–Crippen LogP) is 2.63. The van der Waals surface area contributed by atoms with E-state index in [4.69, 9.17) is 9.47 Å². The molecule has 24 heavy (non-hydrogen) atoms. The third-order valence-electron chi connectivity index (χ3n) is 3.29. The van der Waals surface area contributed by atoms with Crippen LogP contribution in [0.25, 0.3) is 0 Å². The molecule has 1 atom stereocenters. The highest BCUT2D eigenvalue weighted by Gasteiger charge is 2.40. The van der Waals surface area contributed by atoms with Crippen LogP contribution in [-0.4, -0.2) is 52.4 Å². The summed E-state index contributed by atoms with van der Waals surface area (Å²) in [6.45, 7) is 2.14. The number of carbonyl (C=O) groups is 3. The van der Waals surface area contributed by atoms with Crippen molar-refractivity contribution in [2.24, 2.45) is 0 Å². The molecule has 2 amide bonds. The Hall–Kier alpha value is -1.54. The highest BCUT2D eigenvalue weighted by Crippen LogP contribution is 2.29. The quantitative estimate of drug-likeness (QED) is 0.479. The highest BCUT2D eigenvalue weighted by atomic mass is 79.9. The van der Waals surface area contributed by atoms with Gasteiger partial charge in [0.1, 0.15) is 12.3 Å². The summed E-state index contributed by atoms with van der Waals surface area (Å²) in [6, 6.07) is 7.41. The molecule has 1 unspecified atom stereocenters. The minimum atomic E-state index is -0.575. The summed E-state index contributed by atoms with van der Waals surface area (Å²) in [5, 5.41) is -0.169. The van der Waals surface area contributed by atoms with E-state index in [1.54, 1.807) is 6.92 Å². The number of esters is 1. The van der Waals surface area contributed by atoms with E-state index in [9.17, 15) is 14.4 Å². The molecule has 1 saturated heterocycles. The number of ether oxygens (including phenoxy) is 2. The second-order valence-electron chi connectivity index (χ2n) is 4.99. The molecule has 0 aromatic heterocycles. The van der Waals surface area contributed by atoms with Gasteiger partial charge in [-0.25, -0.2) is 0 Å². The molecule has 1 aromatic carbocycles. The number of rotatable bonds is 8. The lowest BCUT2D eigenvalue weighted by Gasteiger charge is -2.13. The van der Waals surface area contributed by atoms with Crippen LogP contribution in [0.4, 0.5) is 4.79 Å². The SMILES string of the molecule is CCOC(=O)CN1C(=O)SC(Cc2ccc(OCCBr)cc2)C1=O. The van der Waals surface area contributed by atoms with Gasteiger partial charge in [-0.2, -0.15) is 0 Å². The summed E-state index contributed by atoms with van der Waals surface area (Å²) in [5.74, 6) is -0.171. The van der Waals surface area contributed by atoms with Gasteiger partial charge in [0.25, 0.3) is 5.24 Å². The minimum Gasteiger partial charge on any atom is -0.493 e. The second kappa shape index (κ2) is 9.08. The Morgan fingerprint density at radius 3 is 2.62 bits per heavy atom. The Labute approximate surface area is 153 Å². The molecule has 6 nitrogen and oxygen atoms in total. The maximum atomic E-state index is 12.3. The fraction of sp³-hybridized carbons (Fsp3) is 0.438. The maximum Gasteiger partial charge on any atom is 0.326 e. The van der Waals surface area contributed by atoms with E-state index in [2.05, 4.69) is 15.9 Å². The standard InChI is InChI=1S/C16H18BrNO5S/c1-2-22-14(19)10-18-15(20)13(24-16(18)21)9-11-3-5-12(6-4-11)23-8-7-17/h3-6,13H,2,7-10H2,1H3. The first-order chi connectivity index (χ1) is 11.5. The topological polar surface area (TPSA) is 72.9 Å². The number of imide groups is 1. The number of halogens is 1. The zero-order valence-electron chi connectivity index (χ0n) is 13.2. The molecule has 8 heteroatoms. The predicted molar refractivity (Wildman–Crippen MR) is 94.6 cm³/mol. The lowest BCUT2D eigenvalue weighted by Crippen LogP contribution is -2.37. The Bertz CT molecular complexity index is 607. The smallest absolute Gasteiger partial charge is 0.326 e. The Morgan fingerprint density at radius 1 is 1.29 bits per heavy atom. The first-order valence-corrected chi connectivity index (χ1v) is 9.50. The normalized spacial score (nSPS) is 17.2. The number of carbonyl (C=O) groups excluding carboxylic acids is 3. The van der Waals surface area contributed by atoms with Crippen molar-refractivity contribution in [3.8, 4) is 5.75 Å². The van der Waals surface area contributed by atoms with E-state index in [0.717, 1.165) is 33.3 Å². The van der Waals surface area contributed by atoms with Gasteiger partial charge >= 0.3 is 5.97 Å².